The maximum Gasteiger partial charge on any atom is 0.246 e. The summed E-state index contributed by atoms with van der Waals surface area (Å²) < 4.78 is 1.61. The Labute approximate surface area is 118 Å². The van der Waals surface area contributed by atoms with Gasteiger partial charge in [0.05, 0.1) is 5.69 Å². The minimum absolute atomic E-state index is 0.0346. The highest BCUT2D eigenvalue weighted by atomic mass is 35.5. The predicted molar refractivity (Wildman–Crippen MR) is 76.1 cm³/mol. The van der Waals surface area contributed by atoms with Gasteiger partial charge >= 0.3 is 0 Å². The van der Waals surface area contributed by atoms with Crippen LogP contribution in [0, 0.1) is 6.92 Å². The molecule has 2 rings (SSSR count). The Kier molecular flexibility index (Phi) is 4.27. The van der Waals surface area contributed by atoms with Gasteiger partial charge in [-0.2, -0.15) is 5.10 Å². The third-order valence-corrected chi connectivity index (χ3v) is 3.85. The van der Waals surface area contributed by atoms with Crippen LogP contribution in [0.15, 0.2) is 6.08 Å². The van der Waals surface area contributed by atoms with E-state index in [0.717, 1.165) is 37.4 Å². The molecule has 0 bridgehead atoms. The third kappa shape index (κ3) is 3.16. The average molecular weight is 283 g/mol. The van der Waals surface area contributed by atoms with Crippen molar-refractivity contribution >= 4 is 23.6 Å². The Morgan fingerprint density at radius 2 is 1.89 bits per heavy atom. The fourth-order valence-electron chi connectivity index (χ4n) is 2.12. The molecule has 6 heteroatoms. The van der Waals surface area contributed by atoms with Gasteiger partial charge in [-0.1, -0.05) is 11.6 Å². The molecule has 5 nitrogen and oxygen atoms in total. The van der Waals surface area contributed by atoms with E-state index in [9.17, 15) is 4.79 Å². The first-order chi connectivity index (χ1) is 8.99. The number of aryl methyl sites for hydroxylation is 2. The molecule has 104 valence electrons. The molecule has 0 saturated carbocycles. The van der Waals surface area contributed by atoms with Crippen LogP contribution in [0.5, 0.6) is 0 Å². The quantitative estimate of drug-likeness (QED) is 0.765. The van der Waals surface area contributed by atoms with Crippen LogP contribution < -0.4 is 0 Å². The maximum absolute atomic E-state index is 12.1. The van der Waals surface area contributed by atoms with E-state index in [4.69, 9.17) is 11.6 Å². The van der Waals surface area contributed by atoms with Crippen molar-refractivity contribution in [2.75, 3.05) is 33.2 Å². The van der Waals surface area contributed by atoms with Crippen LogP contribution in [0.4, 0.5) is 0 Å². The highest BCUT2D eigenvalue weighted by Crippen LogP contribution is 2.20. The summed E-state index contributed by atoms with van der Waals surface area (Å²) in [5.74, 6) is 0.0346. The van der Waals surface area contributed by atoms with E-state index in [1.54, 1.807) is 23.9 Å². The number of carbonyl (C=O) groups excluding carboxylic acids is 1. The predicted octanol–water partition coefficient (Wildman–Crippen LogP) is 1.17. The topological polar surface area (TPSA) is 41.4 Å². The van der Waals surface area contributed by atoms with Crippen LogP contribution in [0.1, 0.15) is 11.3 Å². The maximum atomic E-state index is 12.1. The summed E-state index contributed by atoms with van der Waals surface area (Å²) in [6, 6.07) is 0. The molecule has 19 heavy (non-hydrogen) atoms. The number of aromatic nitrogens is 2. The number of nitrogens with zero attached hydrogens (tertiary/aromatic N) is 4. The molecule has 0 aliphatic carbocycles. The van der Waals surface area contributed by atoms with Gasteiger partial charge in [-0.15, -0.1) is 0 Å². The summed E-state index contributed by atoms with van der Waals surface area (Å²) in [7, 11) is 3.85. The molecular weight excluding hydrogens is 264 g/mol. The molecule has 1 saturated heterocycles. The van der Waals surface area contributed by atoms with Crippen molar-refractivity contribution in [3.63, 3.8) is 0 Å². The highest BCUT2D eigenvalue weighted by molar-refractivity contribution is 6.31. The van der Waals surface area contributed by atoms with Gasteiger partial charge in [0.25, 0.3) is 0 Å². The molecule has 0 radical (unpaired) electrons. The van der Waals surface area contributed by atoms with Crippen LogP contribution in [0.3, 0.4) is 0 Å². The van der Waals surface area contributed by atoms with E-state index >= 15 is 0 Å². The number of amides is 1. The molecule has 1 aromatic heterocycles. The SMILES string of the molecule is Cc1nn(C)c(Cl)c1/C=C/C(=O)N1CCN(C)CC1. The Bertz CT molecular complexity index is 501. The Morgan fingerprint density at radius 1 is 1.26 bits per heavy atom. The van der Waals surface area contributed by atoms with Crippen molar-refractivity contribution in [2.45, 2.75) is 6.92 Å². The van der Waals surface area contributed by atoms with Crippen LogP contribution in [-0.2, 0) is 11.8 Å². The largest absolute Gasteiger partial charge is 0.337 e. The van der Waals surface area contributed by atoms with E-state index < -0.39 is 0 Å². The molecule has 1 aliphatic rings. The van der Waals surface area contributed by atoms with E-state index in [0.29, 0.717) is 5.15 Å². The fourth-order valence-corrected chi connectivity index (χ4v) is 2.36. The van der Waals surface area contributed by atoms with Crippen molar-refractivity contribution in [3.05, 3.63) is 22.5 Å². The summed E-state index contributed by atoms with van der Waals surface area (Å²) in [6.45, 7) is 5.28. The Morgan fingerprint density at radius 3 is 2.42 bits per heavy atom. The monoisotopic (exact) mass is 282 g/mol. The van der Waals surface area contributed by atoms with Crippen LogP contribution in [0.2, 0.25) is 5.15 Å². The van der Waals surface area contributed by atoms with Gasteiger partial charge in [-0.3, -0.25) is 9.48 Å². The smallest absolute Gasteiger partial charge is 0.246 e. The second-order valence-electron chi connectivity index (χ2n) is 4.88. The van der Waals surface area contributed by atoms with Crippen molar-refractivity contribution < 1.29 is 4.79 Å². The molecule has 0 spiro atoms. The van der Waals surface area contributed by atoms with Gasteiger partial charge in [0.1, 0.15) is 5.15 Å². The number of piperazine rings is 1. The number of halogens is 1. The fraction of sp³-hybridized carbons (Fsp3) is 0.538. The van der Waals surface area contributed by atoms with Crippen molar-refractivity contribution in [2.24, 2.45) is 7.05 Å². The zero-order valence-electron chi connectivity index (χ0n) is 11.6. The lowest BCUT2D eigenvalue weighted by Crippen LogP contribution is -2.46. The molecule has 2 heterocycles. The van der Waals surface area contributed by atoms with Crippen LogP contribution in [-0.4, -0.2) is 58.7 Å². The number of hydrogen-bond acceptors (Lipinski definition) is 3. The molecule has 1 fully saturated rings. The van der Waals surface area contributed by atoms with Gasteiger partial charge in [-0.25, -0.2) is 0 Å². The molecule has 0 N–H and O–H groups in total. The van der Waals surface area contributed by atoms with Crippen molar-refractivity contribution in [3.8, 4) is 0 Å². The normalized spacial score (nSPS) is 17.4. The number of rotatable bonds is 2. The summed E-state index contributed by atoms with van der Waals surface area (Å²) in [5.41, 5.74) is 1.64. The number of carbonyl (C=O) groups is 1. The minimum Gasteiger partial charge on any atom is -0.337 e. The van der Waals surface area contributed by atoms with E-state index in [2.05, 4.69) is 17.0 Å². The molecule has 1 aliphatic heterocycles. The van der Waals surface area contributed by atoms with Crippen molar-refractivity contribution in [1.82, 2.24) is 19.6 Å². The first-order valence-electron chi connectivity index (χ1n) is 6.33. The Balaban J connectivity index is 2.04. The molecule has 1 aromatic rings. The Hall–Kier alpha value is -1.33. The molecule has 0 atom stereocenters. The highest BCUT2D eigenvalue weighted by Gasteiger charge is 2.17. The molecule has 0 aromatic carbocycles. The van der Waals surface area contributed by atoms with E-state index in [1.807, 2.05) is 11.8 Å². The lowest BCUT2D eigenvalue weighted by atomic mass is 10.2. The zero-order chi connectivity index (χ0) is 14.0. The summed E-state index contributed by atoms with van der Waals surface area (Å²) >= 11 is 6.12. The molecule has 1 amide bonds. The van der Waals surface area contributed by atoms with E-state index in [1.165, 1.54) is 0 Å². The first-order valence-corrected chi connectivity index (χ1v) is 6.71. The van der Waals surface area contributed by atoms with Gasteiger partial charge in [0.15, 0.2) is 0 Å². The summed E-state index contributed by atoms with van der Waals surface area (Å²) in [4.78, 5) is 16.1. The van der Waals surface area contributed by atoms with Gasteiger partial charge in [-0.05, 0) is 20.0 Å². The number of hydrogen-bond donors (Lipinski definition) is 0. The van der Waals surface area contributed by atoms with Gasteiger partial charge in [0.2, 0.25) is 5.91 Å². The minimum atomic E-state index is 0.0346. The second kappa shape index (κ2) is 5.75. The van der Waals surface area contributed by atoms with E-state index in [-0.39, 0.29) is 5.91 Å². The van der Waals surface area contributed by atoms with Crippen LogP contribution >= 0.6 is 11.6 Å². The van der Waals surface area contributed by atoms with Crippen LogP contribution in [0.25, 0.3) is 6.08 Å². The average Bonchev–Trinajstić information content (AvgIpc) is 2.62. The van der Waals surface area contributed by atoms with Gasteiger partial charge in [0, 0.05) is 44.9 Å². The van der Waals surface area contributed by atoms with Gasteiger partial charge < -0.3 is 9.80 Å². The third-order valence-electron chi connectivity index (χ3n) is 3.40. The second-order valence-corrected chi connectivity index (χ2v) is 5.23. The van der Waals surface area contributed by atoms with Crippen molar-refractivity contribution in [1.29, 1.82) is 0 Å². The molecule has 0 unspecified atom stereocenters. The number of likely N-dealkylation sites (N-methyl/N-ethyl adjacent to an activating group) is 1. The standard InChI is InChI=1S/C13H19ClN4O/c1-10-11(13(14)17(3)15-10)4-5-12(19)18-8-6-16(2)7-9-18/h4-5H,6-9H2,1-3H3/b5-4+. The summed E-state index contributed by atoms with van der Waals surface area (Å²) in [5, 5.41) is 4.77. The first kappa shape index (κ1) is 14.1. The lowest BCUT2D eigenvalue weighted by molar-refractivity contribution is -0.127. The summed E-state index contributed by atoms with van der Waals surface area (Å²) in [6.07, 6.45) is 3.34. The zero-order valence-corrected chi connectivity index (χ0v) is 12.3. The lowest BCUT2D eigenvalue weighted by Gasteiger charge is -2.31. The molecular formula is C13H19ClN4O.